The van der Waals surface area contributed by atoms with Crippen molar-refractivity contribution in [2.24, 2.45) is 18.9 Å². The third-order valence-corrected chi connectivity index (χ3v) is 18.7. The Hall–Kier alpha value is -2.22. The van der Waals surface area contributed by atoms with Crippen molar-refractivity contribution in [3.05, 3.63) is 71.6 Å². The summed E-state index contributed by atoms with van der Waals surface area (Å²) in [6.45, 7) is 31.6. The Morgan fingerprint density at radius 1 is 1.06 bits per heavy atom. The highest BCUT2D eigenvalue weighted by Crippen LogP contribution is 2.46. The standard InChI is InChI=1S/C43H68N2O5SSi2/c1-29(32(4)50-53(14,15)42(5,6)7)21-22-30(2)40-35(48-43(8,9)49-40)23-24-36(51-33-19-17-16-18-20-33)38-37(41(46)47-25-26-52(11,12)13)31(3)27-34-39(38)44-28-45(34)10/h16-22,27-30,32,35-36,40H,23-26H2,1-15H3/b22-21-/t29-,30?,32+,35+,36?,40-/m1/s1. The van der Waals surface area contributed by atoms with E-state index in [4.69, 9.17) is 23.6 Å². The van der Waals surface area contributed by atoms with Crippen LogP contribution in [0.25, 0.3) is 11.0 Å². The van der Waals surface area contributed by atoms with E-state index in [1.54, 1.807) is 11.8 Å². The molecule has 53 heavy (non-hydrogen) atoms. The van der Waals surface area contributed by atoms with Crippen LogP contribution in [0.1, 0.15) is 95.0 Å². The minimum Gasteiger partial charge on any atom is -0.462 e. The minimum atomic E-state index is -1.88. The average molecular weight is 781 g/mol. The molecule has 2 heterocycles. The molecule has 294 valence electrons. The van der Waals surface area contributed by atoms with Crippen LogP contribution in [0.15, 0.2) is 59.8 Å². The monoisotopic (exact) mass is 780 g/mol. The normalized spacial score (nSPS) is 20.5. The van der Waals surface area contributed by atoms with E-state index in [-0.39, 0.29) is 46.4 Å². The number of carbonyl (C=O) groups excluding carboxylic acids is 1. The predicted octanol–water partition coefficient (Wildman–Crippen LogP) is 11.7. The molecule has 10 heteroatoms. The maximum atomic E-state index is 14.1. The van der Waals surface area contributed by atoms with Gasteiger partial charge < -0.3 is 23.2 Å². The first-order valence-corrected chi connectivity index (χ1v) is 27.0. The average Bonchev–Trinajstić information content (AvgIpc) is 3.57. The van der Waals surface area contributed by atoms with Gasteiger partial charge in [-0.1, -0.05) is 84.6 Å². The van der Waals surface area contributed by atoms with Gasteiger partial charge in [0.25, 0.3) is 0 Å². The third-order valence-electron chi connectivity index (χ3n) is 11.1. The lowest BCUT2D eigenvalue weighted by Crippen LogP contribution is -2.44. The van der Waals surface area contributed by atoms with Crippen LogP contribution in [0.3, 0.4) is 0 Å². The van der Waals surface area contributed by atoms with Crippen molar-refractivity contribution < 1.29 is 23.4 Å². The summed E-state index contributed by atoms with van der Waals surface area (Å²) in [6.07, 6.45) is 7.82. The van der Waals surface area contributed by atoms with Crippen LogP contribution in [-0.4, -0.2) is 62.6 Å². The first kappa shape index (κ1) is 43.5. The summed E-state index contributed by atoms with van der Waals surface area (Å²) in [5.41, 5.74) is 4.35. The topological polar surface area (TPSA) is 71.8 Å². The summed E-state index contributed by atoms with van der Waals surface area (Å²) in [5.74, 6) is -0.575. The van der Waals surface area contributed by atoms with Crippen LogP contribution < -0.4 is 0 Å². The molecule has 2 aromatic carbocycles. The fraction of sp³-hybridized carbons (Fsp3) is 0.628. The molecule has 0 radical (unpaired) electrons. The van der Waals surface area contributed by atoms with Gasteiger partial charge in [0.15, 0.2) is 14.1 Å². The Balaban J connectivity index is 1.64. The van der Waals surface area contributed by atoms with E-state index in [1.165, 1.54) is 0 Å². The number of hydrogen-bond donors (Lipinski definition) is 0. The van der Waals surface area contributed by atoms with Crippen molar-refractivity contribution in [1.82, 2.24) is 9.55 Å². The van der Waals surface area contributed by atoms with Crippen LogP contribution in [0.4, 0.5) is 0 Å². The molecular formula is C43H68N2O5SSi2. The third kappa shape index (κ3) is 11.4. The molecule has 7 nitrogen and oxygen atoms in total. The van der Waals surface area contributed by atoms with Gasteiger partial charge in [-0.2, -0.15) is 0 Å². The van der Waals surface area contributed by atoms with Crippen molar-refractivity contribution >= 4 is 45.2 Å². The second kappa shape index (κ2) is 17.3. The molecular weight excluding hydrogens is 713 g/mol. The molecule has 1 saturated heterocycles. The van der Waals surface area contributed by atoms with Gasteiger partial charge in [-0.3, -0.25) is 0 Å². The minimum absolute atomic E-state index is 0.0820. The molecule has 0 saturated carbocycles. The number of rotatable bonds is 16. The fourth-order valence-electron chi connectivity index (χ4n) is 6.67. The first-order valence-electron chi connectivity index (χ1n) is 19.5. The molecule has 3 aromatic rings. The van der Waals surface area contributed by atoms with Gasteiger partial charge in [0.1, 0.15) is 0 Å². The molecule has 0 bridgehead atoms. The largest absolute Gasteiger partial charge is 0.462 e. The molecule has 2 unspecified atom stereocenters. The number of fused-ring (bicyclic) bond motifs is 1. The zero-order valence-corrected chi connectivity index (χ0v) is 38.1. The van der Waals surface area contributed by atoms with E-state index in [9.17, 15) is 4.79 Å². The highest BCUT2D eigenvalue weighted by atomic mass is 32.2. The van der Waals surface area contributed by atoms with E-state index < -0.39 is 22.2 Å². The highest BCUT2D eigenvalue weighted by molar-refractivity contribution is 7.99. The van der Waals surface area contributed by atoms with Crippen molar-refractivity contribution in [2.45, 2.75) is 153 Å². The Bertz CT molecular complexity index is 1710. The van der Waals surface area contributed by atoms with Gasteiger partial charge in [0, 0.05) is 42.9 Å². The molecule has 0 spiro atoms. The number of imidazole rings is 1. The van der Waals surface area contributed by atoms with E-state index >= 15 is 0 Å². The lowest BCUT2D eigenvalue weighted by atomic mass is 9.91. The highest BCUT2D eigenvalue weighted by Gasteiger charge is 2.44. The van der Waals surface area contributed by atoms with Crippen molar-refractivity contribution in [1.29, 1.82) is 0 Å². The Labute approximate surface area is 327 Å². The van der Waals surface area contributed by atoms with Gasteiger partial charge in [0.05, 0.1) is 41.7 Å². The van der Waals surface area contributed by atoms with Gasteiger partial charge >= 0.3 is 5.97 Å². The van der Waals surface area contributed by atoms with Crippen molar-refractivity contribution in [3.8, 4) is 0 Å². The number of ether oxygens (including phenoxy) is 3. The van der Waals surface area contributed by atoms with E-state index in [2.05, 4.69) is 117 Å². The molecule has 6 atom stereocenters. The number of aryl methyl sites for hydroxylation is 2. The number of aromatic nitrogens is 2. The molecule has 0 N–H and O–H groups in total. The predicted molar refractivity (Wildman–Crippen MR) is 227 cm³/mol. The van der Waals surface area contributed by atoms with Gasteiger partial charge in [-0.05, 0) is 94.4 Å². The molecule has 1 aromatic heterocycles. The SMILES string of the molecule is Cc1cc2c(ncn2C)c(C(CC[C@@H]2OC(C)(C)O[C@@H]2C(C)/C=C\[C@@H](C)[C@H](C)O[Si](C)(C)C(C)(C)C)Sc2ccccc2)c1C(=O)OCC[Si](C)(C)C. The fourth-order valence-corrected chi connectivity index (χ4v) is 10.1. The van der Waals surface area contributed by atoms with Crippen molar-refractivity contribution in [3.63, 3.8) is 0 Å². The molecule has 0 amide bonds. The summed E-state index contributed by atoms with van der Waals surface area (Å²) in [7, 11) is -1.26. The number of carbonyl (C=O) groups is 1. The van der Waals surface area contributed by atoms with Crippen molar-refractivity contribution in [2.75, 3.05) is 6.61 Å². The smallest absolute Gasteiger partial charge is 0.338 e. The number of hydrogen-bond acceptors (Lipinski definition) is 7. The van der Waals surface area contributed by atoms with Crippen LogP contribution >= 0.6 is 11.8 Å². The molecule has 1 aliphatic rings. The Morgan fingerprint density at radius 2 is 1.72 bits per heavy atom. The zero-order chi connectivity index (χ0) is 39.5. The quantitative estimate of drug-likeness (QED) is 0.0620. The lowest BCUT2D eigenvalue weighted by molar-refractivity contribution is -0.149. The van der Waals surface area contributed by atoms with Gasteiger partial charge in [-0.25, -0.2) is 9.78 Å². The van der Waals surface area contributed by atoms with Crippen LogP contribution in [0.5, 0.6) is 0 Å². The maximum absolute atomic E-state index is 14.1. The van der Waals surface area contributed by atoms with E-state index in [0.29, 0.717) is 12.2 Å². The van der Waals surface area contributed by atoms with Gasteiger partial charge in [0.2, 0.25) is 0 Å². The summed E-state index contributed by atoms with van der Waals surface area (Å²) >= 11 is 1.78. The number of benzene rings is 2. The summed E-state index contributed by atoms with van der Waals surface area (Å²) in [5, 5.41) is 0.0827. The summed E-state index contributed by atoms with van der Waals surface area (Å²) < 4.78 is 28.1. The van der Waals surface area contributed by atoms with Crippen LogP contribution in [0.2, 0.25) is 43.8 Å². The van der Waals surface area contributed by atoms with E-state index in [0.717, 1.165) is 45.9 Å². The van der Waals surface area contributed by atoms with Crippen LogP contribution in [0, 0.1) is 18.8 Å². The molecule has 4 rings (SSSR count). The first-order chi connectivity index (χ1) is 24.5. The molecule has 0 aliphatic carbocycles. The lowest BCUT2D eigenvalue weighted by Gasteiger charge is -2.39. The van der Waals surface area contributed by atoms with Crippen LogP contribution in [-0.2, 0) is 25.7 Å². The van der Waals surface area contributed by atoms with E-state index in [1.807, 2.05) is 44.8 Å². The summed E-state index contributed by atoms with van der Waals surface area (Å²) in [6, 6.07) is 13.4. The molecule has 1 fully saturated rings. The second-order valence-electron chi connectivity index (χ2n) is 18.5. The van der Waals surface area contributed by atoms with Gasteiger partial charge in [-0.15, -0.1) is 11.8 Å². The Kier molecular flexibility index (Phi) is 14.2. The number of nitrogens with zero attached hydrogens (tertiary/aromatic N) is 2. The molecule has 1 aliphatic heterocycles. The zero-order valence-electron chi connectivity index (χ0n) is 35.3. The summed E-state index contributed by atoms with van der Waals surface area (Å²) in [4.78, 5) is 20.1. The second-order valence-corrected chi connectivity index (χ2v) is 30.1. The number of esters is 1. The Morgan fingerprint density at radius 3 is 2.34 bits per heavy atom. The number of thioether (sulfide) groups is 1. The maximum Gasteiger partial charge on any atom is 0.338 e.